The van der Waals surface area contributed by atoms with Crippen molar-refractivity contribution in [2.24, 2.45) is 0 Å². The topological polar surface area (TPSA) is 23.5 Å². The Balaban J connectivity index is 2.01. The van der Waals surface area contributed by atoms with Gasteiger partial charge in [-0.05, 0) is 25.1 Å². The van der Waals surface area contributed by atoms with Crippen LogP contribution in [-0.4, -0.2) is 23.1 Å². The van der Waals surface area contributed by atoms with E-state index in [1.54, 1.807) is 0 Å². The molecule has 2 atom stereocenters. The molecule has 0 saturated heterocycles. The Bertz CT molecular complexity index is 483. The summed E-state index contributed by atoms with van der Waals surface area (Å²) in [5, 5.41) is 10.4. The lowest BCUT2D eigenvalue weighted by Crippen LogP contribution is -2.33. The van der Waals surface area contributed by atoms with Gasteiger partial charge in [0.1, 0.15) is 0 Å². The second kappa shape index (κ2) is 6.50. The predicted molar refractivity (Wildman–Crippen MR) is 78.8 cm³/mol. The van der Waals surface area contributed by atoms with Crippen molar-refractivity contribution in [1.29, 1.82) is 0 Å². The summed E-state index contributed by atoms with van der Waals surface area (Å²) < 4.78 is 0. The van der Waals surface area contributed by atoms with Crippen LogP contribution in [0.15, 0.2) is 60.7 Å². The first-order chi connectivity index (χ1) is 9.18. The molecule has 2 aromatic rings. The number of aliphatic hydroxyl groups excluding tert-OH is 1. The summed E-state index contributed by atoms with van der Waals surface area (Å²) in [5.41, 5.74) is 2.23. The van der Waals surface area contributed by atoms with Crippen LogP contribution >= 0.6 is 0 Å². The monoisotopic (exact) mass is 255 g/mol. The third-order valence-corrected chi connectivity index (χ3v) is 3.57. The van der Waals surface area contributed by atoms with E-state index in [-0.39, 0.29) is 6.04 Å². The molecule has 0 spiro atoms. The molecule has 0 saturated carbocycles. The van der Waals surface area contributed by atoms with Crippen LogP contribution in [0, 0.1) is 0 Å². The number of aliphatic hydroxyl groups is 1. The number of rotatable bonds is 5. The molecule has 0 amide bonds. The molecule has 1 N–H and O–H groups in total. The fourth-order valence-electron chi connectivity index (χ4n) is 2.19. The standard InChI is InChI=1S/C17H21NO/c1-14(17(19)16-11-7-4-8-12-16)18(2)13-15-9-5-3-6-10-15/h3-12,14,17,19H,13H2,1-2H3/t14-,17-/m0/s1. The lowest BCUT2D eigenvalue weighted by molar-refractivity contribution is 0.0688. The zero-order valence-electron chi connectivity index (χ0n) is 11.5. The van der Waals surface area contributed by atoms with Gasteiger partial charge in [0.2, 0.25) is 0 Å². The average Bonchev–Trinajstić information content (AvgIpc) is 2.47. The molecule has 0 bridgehead atoms. The number of likely N-dealkylation sites (N-methyl/N-ethyl adjacent to an activating group) is 1. The molecule has 0 heterocycles. The minimum Gasteiger partial charge on any atom is -0.387 e. The fraction of sp³-hybridized carbons (Fsp3) is 0.294. The smallest absolute Gasteiger partial charge is 0.0942 e. The molecule has 0 unspecified atom stereocenters. The van der Waals surface area contributed by atoms with Gasteiger partial charge in [0.25, 0.3) is 0 Å². The Morgan fingerprint density at radius 1 is 0.947 bits per heavy atom. The Morgan fingerprint density at radius 2 is 1.47 bits per heavy atom. The number of hydrogen-bond donors (Lipinski definition) is 1. The normalized spacial score (nSPS) is 14.3. The Labute approximate surface area is 115 Å². The van der Waals surface area contributed by atoms with Gasteiger partial charge in [0.15, 0.2) is 0 Å². The van der Waals surface area contributed by atoms with Gasteiger partial charge in [-0.15, -0.1) is 0 Å². The van der Waals surface area contributed by atoms with Gasteiger partial charge < -0.3 is 5.11 Å². The predicted octanol–water partition coefficient (Wildman–Crippen LogP) is 3.24. The zero-order valence-corrected chi connectivity index (χ0v) is 11.5. The Morgan fingerprint density at radius 3 is 2.05 bits per heavy atom. The fourth-order valence-corrected chi connectivity index (χ4v) is 2.19. The molecule has 0 aromatic heterocycles. The van der Waals surface area contributed by atoms with E-state index < -0.39 is 6.10 Å². The van der Waals surface area contributed by atoms with Gasteiger partial charge in [0.05, 0.1) is 6.10 Å². The first-order valence-electron chi connectivity index (χ1n) is 6.65. The highest BCUT2D eigenvalue weighted by Gasteiger charge is 2.20. The molecule has 0 aliphatic carbocycles. The quantitative estimate of drug-likeness (QED) is 0.886. The first kappa shape index (κ1) is 13.8. The van der Waals surface area contributed by atoms with Gasteiger partial charge >= 0.3 is 0 Å². The maximum absolute atomic E-state index is 10.4. The lowest BCUT2D eigenvalue weighted by atomic mass is 10.0. The Kier molecular flexibility index (Phi) is 4.72. The van der Waals surface area contributed by atoms with Crippen LogP contribution in [0.1, 0.15) is 24.2 Å². The summed E-state index contributed by atoms with van der Waals surface area (Å²) >= 11 is 0. The maximum atomic E-state index is 10.4. The summed E-state index contributed by atoms with van der Waals surface area (Å²) in [6.45, 7) is 2.90. The minimum atomic E-state index is -0.463. The molecule has 0 aliphatic heterocycles. The summed E-state index contributed by atoms with van der Waals surface area (Å²) in [5.74, 6) is 0. The summed E-state index contributed by atoms with van der Waals surface area (Å²) in [6.07, 6.45) is -0.463. The molecule has 0 fully saturated rings. The third kappa shape index (κ3) is 3.66. The second-order valence-corrected chi connectivity index (χ2v) is 5.00. The molecular weight excluding hydrogens is 234 g/mol. The zero-order chi connectivity index (χ0) is 13.7. The van der Waals surface area contributed by atoms with E-state index in [9.17, 15) is 5.11 Å². The van der Waals surface area contributed by atoms with Gasteiger partial charge in [-0.25, -0.2) is 0 Å². The molecule has 0 radical (unpaired) electrons. The van der Waals surface area contributed by atoms with Crippen LogP contribution in [0.2, 0.25) is 0 Å². The van der Waals surface area contributed by atoms with E-state index in [0.717, 1.165) is 12.1 Å². The highest BCUT2D eigenvalue weighted by Crippen LogP contribution is 2.20. The van der Waals surface area contributed by atoms with Crippen LogP contribution in [0.3, 0.4) is 0 Å². The summed E-state index contributed by atoms with van der Waals surface area (Å²) in [7, 11) is 2.05. The van der Waals surface area contributed by atoms with Gasteiger partial charge in [-0.1, -0.05) is 60.7 Å². The first-order valence-corrected chi connectivity index (χ1v) is 6.65. The molecule has 0 aliphatic rings. The van der Waals surface area contributed by atoms with Crippen LogP contribution in [0.4, 0.5) is 0 Å². The van der Waals surface area contributed by atoms with E-state index in [2.05, 4.69) is 24.0 Å². The van der Waals surface area contributed by atoms with Crippen molar-refractivity contribution < 1.29 is 5.11 Å². The SMILES string of the molecule is C[C@@H]([C@H](O)c1ccccc1)N(C)Cc1ccccc1. The van der Waals surface area contributed by atoms with Crippen molar-refractivity contribution in [2.45, 2.75) is 25.6 Å². The van der Waals surface area contributed by atoms with Gasteiger partial charge in [-0.2, -0.15) is 0 Å². The molecule has 2 nitrogen and oxygen atoms in total. The second-order valence-electron chi connectivity index (χ2n) is 5.00. The average molecular weight is 255 g/mol. The molecule has 100 valence electrons. The maximum Gasteiger partial charge on any atom is 0.0942 e. The van der Waals surface area contributed by atoms with Crippen molar-refractivity contribution in [1.82, 2.24) is 4.90 Å². The van der Waals surface area contributed by atoms with Crippen LogP contribution in [-0.2, 0) is 6.54 Å². The van der Waals surface area contributed by atoms with E-state index in [0.29, 0.717) is 0 Å². The molecule has 2 rings (SSSR count). The number of nitrogens with zero attached hydrogens (tertiary/aromatic N) is 1. The van der Waals surface area contributed by atoms with Crippen LogP contribution in [0.25, 0.3) is 0 Å². The number of benzene rings is 2. The van der Waals surface area contributed by atoms with Crippen molar-refractivity contribution >= 4 is 0 Å². The lowest BCUT2D eigenvalue weighted by Gasteiger charge is -2.29. The van der Waals surface area contributed by atoms with Gasteiger partial charge in [0, 0.05) is 12.6 Å². The van der Waals surface area contributed by atoms with Crippen molar-refractivity contribution in [3.05, 3.63) is 71.8 Å². The van der Waals surface area contributed by atoms with Crippen molar-refractivity contribution in [3.63, 3.8) is 0 Å². The Hall–Kier alpha value is -1.64. The van der Waals surface area contributed by atoms with Crippen LogP contribution < -0.4 is 0 Å². The van der Waals surface area contributed by atoms with Crippen LogP contribution in [0.5, 0.6) is 0 Å². The highest BCUT2D eigenvalue weighted by molar-refractivity contribution is 5.19. The van der Waals surface area contributed by atoms with E-state index in [1.807, 2.05) is 55.6 Å². The van der Waals surface area contributed by atoms with Crippen molar-refractivity contribution in [3.8, 4) is 0 Å². The molecule has 2 aromatic carbocycles. The van der Waals surface area contributed by atoms with E-state index >= 15 is 0 Å². The van der Waals surface area contributed by atoms with Crippen molar-refractivity contribution in [2.75, 3.05) is 7.05 Å². The van der Waals surface area contributed by atoms with E-state index in [4.69, 9.17) is 0 Å². The number of hydrogen-bond acceptors (Lipinski definition) is 2. The molecule has 2 heteroatoms. The van der Waals surface area contributed by atoms with Gasteiger partial charge in [-0.3, -0.25) is 4.90 Å². The molecular formula is C17H21NO. The summed E-state index contributed by atoms with van der Waals surface area (Å²) in [4.78, 5) is 2.17. The third-order valence-electron chi connectivity index (χ3n) is 3.57. The molecule has 19 heavy (non-hydrogen) atoms. The van der Waals surface area contributed by atoms with E-state index in [1.165, 1.54) is 5.56 Å². The highest BCUT2D eigenvalue weighted by atomic mass is 16.3. The minimum absolute atomic E-state index is 0.0719. The summed E-state index contributed by atoms with van der Waals surface area (Å²) in [6, 6.07) is 20.2. The largest absolute Gasteiger partial charge is 0.387 e.